The van der Waals surface area contributed by atoms with E-state index in [1.54, 1.807) is 0 Å². The summed E-state index contributed by atoms with van der Waals surface area (Å²) in [5.41, 5.74) is 0. The van der Waals surface area contributed by atoms with Crippen molar-refractivity contribution in [2.24, 2.45) is 0 Å². The van der Waals surface area contributed by atoms with Crippen molar-refractivity contribution in [2.75, 3.05) is 7.11 Å². The van der Waals surface area contributed by atoms with Crippen molar-refractivity contribution in [2.45, 2.75) is 44.9 Å². The molecular weight excluding hydrogens is 279 g/mol. The predicted molar refractivity (Wildman–Crippen MR) is 65.3 cm³/mol. The molecule has 0 amide bonds. The van der Waals surface area contributed by atoms with Crippen molar-refractivity contribution in [3.8, 4) is 0 Å². The molecule has 0 saturated carbocycles. The number of allylic oxidation sites excluding steroid dienone is 1. The van der Waals surface area contributed by atoms with Crippen molar-refractivity contribution < 1.29 is 9.53 Å². The van der Waals surface area contributed by atoms with E-state index < -0.39 is 0 Å². The molecule has 0 rings (SSSR count). The Hall–Kier alpha value is 0.0195. The number of carbonyl (C=O) groups excluding carboxylic acids is 1. The molecule has 0 aromatic heterocycles. The van der Waals surface area contributed by atoms with E-state index in [1.807, 2.05) is 5.82 Å². The molecule has 0 aromatic carbocycles. The van der Waals surface area contributed by atoms with Gasteiger partial charge in [-0.15, -0.1) is 0 Å². The quantitative estimate of drug-likeness (QED) is 0.312. The Labute approximate surface area is 104 Å². The van der Waals surface area contributed by atoms with Crippen LogP contribution in [-0.2, 0) is 9.53 Å². The number of unbranched alkanes of at least 4 members (excludes halogenated alkanes) is 3. The molecule has 0 spiro atoms. The van der Waals surface area contributed by atoms with Crippen LogP contribution in [0.4, 0.5) is 0 Å². The first-order chi connectivity index (χ1) is 7.17. The van der Waals surface area contributed by atoms with Gasteiger partial charge < -0.3 is 0 Å². The fraction of sp³-hybridized carbons (Fsp3) is 0.727. The fourth-order valence-electron chi connectivity index (χ4n) is 1.22. The molecule has 0 bridgehead atoms. The van der Waals surface area contributed by atoms with E-state index in [1.165, 1.54) is 26.4 Å². The van der Waals surface area contributed by atoms with E-state index in [2.05, 4.69) is 11.7 Å². The predicted octanol–water partition coefficient (Wildman–Crippen LogP) is 3.33. The van der Waals surface area contributed by atoms with Gasteiger partial charge in [-0.3, -0.25) is 0 Å². The number of hydrogen-bond donors (Lipinski definition) is 0. The number of esters is 1. The topological polar surface area (TPSA) is 26.3 Å². The number of methoxy groups -OCH3 is 1. The summed E-state index contributed by atoms with van der Waals surface area (Å²) in [6.45, 7) is 2.17. The van der Waals surface area contributed by atoms with Crippen LogP contribution in [0.3, 0.4) is 0 Å². The number of rotatable bonds is 7. The van der Waals surface area contributed by atoms with Gasteiger partial charge in [0.25, 0.3) is 0 Å². The number of ether oxygens (including phenoxy) is 1. The van der Waals surface area contributed by atoms with Gasteiger partial charge in [0.15, 0.2) is 0 Å². The maximum absolute atomic E-state index is 11.3. The van der Waals surface area contributed by atoms with Gasteiger partial charge in [-0.25, -0.2) is 0 Å². The molecule has 0 fully saturated rings. The fourth-order valence-corrected chi connectivity index (χ4v) is 3.03. The molecule has 0 unspecified atom stereocenters. The Morgan fingerprint density at radius 2 is 2.00 bits per heavy atom. The molecule has 4 heteroatoms. The molecule has 0 heterocycles. The van der Waals surface area contributed by atoms with E-state index in [0.29, 0.717) is 9.50 Å². The molecule has 0 N–H and O–H groups in total. The van der Waals surface area contributed by atoms with Crippen LogP contribution in [0.2, 0.25) is 5.82 Å². The van der Waals surface area contributed by atoms with Crippen molar-refractivity contribution in [3.05, 3.63) is 9.50 Å². The molecule has 88 valence electrons. The molecular formula is C11H19ClO2Se. The SMILES string of the molecule is CCCCCC/C(Cl)=C(\[Se]C)C(=O)OC. The molecule has 0 aliphatic carbocycles. The van der Waals surface area contributed by atoms with Gasteiger partial charge in [-0.1, -0.05) is 0 Å². The minimum absolute atomic E-state index is 0.106. The second kappa shape index (κ2) is 9.26. The Kier molecular flexibility index (Phi) is 9.27. The van der Waals surface area contributed by atoms with Crippen LogP contribution in [0.5, 0.6) is 0 Å². The van der Waals surface area contributed by atoms with Crippen LogP contribution in [0, 0.1) is 0 Å². The summed E-state index contributed by atoms with van der Waals surface area (Å²) in [5, 5.41) is 0.695. The first-order valence-electron chi connectivity index (χ1n) is 5.18. The summed E-state index contributed by atoms with van der Waals surface area (Å²) < 4.78 is 5.37. The van der Waals surface area contributed by atoms with Gasteiger partial charge in [0, 0.05) is 0 Å². The Morgan fingerprint density at radius 3 is 2.47 bits per heavy atom. The van der Waals surface area contributed by atoms with Crippen molar-refractivity contribution in [3.63, 3.8) is 0 Å². The zero-order valence-corrected chi connectivity index (χ0v) is 12.1. The van der Waals surface area contributed by atoms with Crippen LogP contribution in [0.25, 0.3) is 0 Å². The van der Waals surface area contributed by atoms with Crippen molar-refractivity contribution >= 4 is 32.5 Å². The van der Waals surface area contributed by atoms with Gasteiger partial charge in [0.1, 0.15) is 0 Å². The monoisotopic (exact) mass is 298 g/mol. The third kappa shape index (κ3) is 6.24. The van der Waals surface area contributed by atoms with Crippen LogP contribution in [0.15, 0.2) is 9.50 Å². The van der Waals surface area contributed by atoms with Crippen LogP contribution >= 0.6 is 11.6 Å². The molecule has 0 aliphatic heterocycles. The van der Waals surface area contributed by atoms with Crippen molar-refractivity contribution in [1.82, 2.24) is 0 Å². The van der Waals surface area contributed by atoms with Gasteiger partial charge in [-0.2, -0.15) is 0 Å². The van der Waals surface area contributed by atoms with Gasteiger partial charge in [0.05, 0.1) is 0 Å². The first-order valence-corrected chi connectivity index (χ1v) is 8.13. The first kappa shape index (κ1) is 15.0. The number of hydrogen-bond acceptors (Lipinski definition) is 2. The number of carbonyl (C=O) groups is 1. The third-order valence-corrected chi connectivity index (χ3v) is 4.43. The molecule has 0 saturated heterocycles. The minimum atomic E-state index is -0.266. The van der Waals surface area contributed by atoms with Crippen LogP contribution in [-0.4, -0.2) is 28.0 Å². The zero-order valence-electron chi connectivity index (χ0n) is 9.64. The van der Waals surface area contributed by atoms with E-state index in [-0.39, 0.29) is 20.9 Å². The Bertz CT molecular complexity index is 227. The van der Waals surface area contributed by atoms with E-state index in [0.717, 1.165) is 12.8 Å². The average Bonchev–Trinajstić information content (AvgIpc) is 2.25. The summed E-state index contributed by atoms with van der Waals surface area (Å²) in [6, 6.07) is 0. The second-order valence-corrected chi connectivity index (χ2v) is 5.41. The summed E-state index contributed by atoms with van der Waals surface area (Å²) in [5.74, 6) is 1.71. The van der Waals surface area contributed by atoms with Gasteiger partial charge in [-0.05, 0) is 0 Å². The molecule has 2 nitrogen and oxygen atoms in total. The van der Waals surface area contributed by atoms with Gasteiger partial charge in [0.2, 0.25) is 0 Å². The standard InChI is InChI=1S/C11H19ClO2Se/c1-4-5-6-7-8-9(12)10(15-3)11(13)14-2/h4-8H2,1-3H3/b10-9+. The summed E-state index contributed by atoms with van der Waals surface area (Å²) in [4.78, 5) is 11.3. The molecule has 0 radical (unpaired) electrons. The Balaban J connectivity index is 4.14. The zero-order chi connectivity index (χ0) is 11.7. The average molecular weight is 298 g/mol. The van der Waals surface area contributed by atoms with Crippen LogP contribution in [0.1, 0.15) is 39.0 Å². The van der Waals surface area contributed by atoms with E-state index >= 15 is 0 Å². The van der Waals surface area contributed by atoms with Crippen molar-refractivity contribution in [1.29, 1.82) is 0 Å². The molecule has 0 aromatic rings. The van der Waals surface area contributed by atoms with E-state index in [4.69, 9.17) is 11.6 Å². The normalized spacial score (nSPS) is 12.3. The molecule has 0 atom stereocenters. The van der Waals surface area contributed by atoms with E-state index in [9.17, 15) is 4.79 Å². The molecule has 15 heavy (non-hydrogen) atoms. The number of halogens is 1. The summed E-state index contributed by atoms with van der Waals surface area (Å²) >= 11 is 6.20. The van der Waals surface area contributed by atoms with Gasteiger partial charge >= 0.3 is 104 Å². The summed E-state index contributed by atoms with van der Waals surface area (Å²) in [6.07, 6.45) is 5.49. The summed E-state index contributed by atoms with van der Waals surface area (Å²) in [7, 11) is 1.40. The Morgan fingerprint density at radius 1 is 1.33 bits per heavy atom. The van der Waals surface area contributed by atoms with Crippen LogP contribution < -0.4 is 0 Å². The maximum atomic E-state index is 11.3. The third-order valence-electron chi connectivity index (χ3n) is 2.07. The molecule has 0 aliphatic rings. The second-order valence-electron chi connectivity index (χ2n) is 3.24.